The van der Waals surface area contributed by atoms with Crippen LogP contribution >= 0.6 is 11.8 Å². The normalized spacial score (nSPS) is 18.0. The maximum atomic E-state index is 13.0. The van der Waals surface area contributed by atoms with Crippen LogP contribution in [0.15, 0.2) is 53.5 Å². The molecule has 152 valence electrons. The molecule has 0 saturated carbocycles. The van der Waals surface area contributed by atoms with Crippen LogP contribution in [0.2, 0.25) is 0 Å². The van der Waals surface area contributed by atoms with E-state index in [1.54, 1.807) is 17.0 Å². The molecule has 3 rings (SSSR count). The molecular weight excluding hydrogens is 393 g/mol. The molecule has 0 spiro atoms. The predicted molar refractivity (Wildman–Crippen MR) is 113 cm³/mol. The molecule has 0 radical (unpaired) electrons. The second-order valence-corrected chi connectivity index (χ2v) is 7.44. The minimum absolute atomic E-state index is 0.0772. The third-order valence-electron chi connectivity index (χ3n) is 4.23. The Morgan fingerprint density at radius 1 is 1.21 bits per heavy atom. The summed E-state index contributed by atoms with van der Waals surface area (Å²) in [5.41, 5.74) is 1.15. The first-order valence-corrected chi connectivity index (χ1v) is 10.2. The number of amides is 2. The number of thioether (sulfide) groups is 1. The molecule has 1 heterocycles. The van der Waals surface area contributed by atoms with Crippen molar-refractivity contribution in [1.82, 2.24) is 4.90 Å². The first-order valence-electron chi connectivity index (χ1n) is 9.35. The number of carbonyl (C=O) groups is 2. The molecule has 0 aliphatic carbocycles. The van der Waals surface area contributed by atoms with Crippen LogP contribution < -0.4 is 10.1 Å². The van der Waals surface area contributed by atoms with Gasteiger partial charge >= 0.3 is 0 Å². The van der Waals surface area contributed by atoms with Crippen molar-refractivity contribution in [2.45, 2.75) is 25.5 Å². The van der Waals surface area contributed by atoms with Crippen LogP contribution in [0.1, 0.15) is 20.3 Å². The Kier molecular flexibility index (Phi) is 6.87. The fourth-order valence-corrected chi connectivity index (χ4v) is 3.97. The van der Waals surface area contributed by atoms with E-state index in [-0.39, 0.29) is 24.1 Å². The van der Waals surface area contributed by atoms with Gasteiger partial charge in [0.1, 0.15) is 16.8 Å². The monoisotopic (exact) mass is 415 g/mol. The van der Waals surface area contributed by atoms with Crippen molar-refractivity contribution in [1.29, 1.82) is 0 Å². The lowest BCUT2D eigenvalue weighted by atomic mass is 10.2. The topological polar surface area (TPSA) is 71.0 Å². The number of hydrogen-bond acceptors (Lipinski definition) is 5. The Balaban J connectivity index is 1.77. The van der Waals surface area contributed by atoms with E-state index in [0.717, 1.165) is 5.75 Å². The lowest BCUT2D eigenvalue weighted by Gasteiger charge is -2.30. The van der Waals surface area contributed by atoms with Crippen molar-refractivity contribution >= 4 is 40.1 Å². The number of rotatable bonds is 6. The fraction of sp³-hybridized carbons (Fsp3) is 0.286. The summed E-state index contributed by atoms with van der Waals surface area (Å²) in [5.74, 6) is -0.110. The first-order chi connectivity index (χ1) is 14.0. The van der Waals surface area contributed by atoms with Gasteiger partial charge in [-0.1, -0.05) is 11.8 Å². The van der Waals surface area contributed by atoms with Crippen LogP contribution in [0.25, 0.3) is 0 Å². The van der Waals surface area contributed by atoms with E-state index in [1.165, 1.54) is 36.0 Å². The molecule has 1 N–H and O–H groups in total. The first kappa shape index (κ1) is 20.9. The molecule has 1 aliphatic heterocycles. The number of anilines is 1. The highest BCUT2D eigenvalue weighted by Crippen LogP contribution is 2.30. The molecule has 6 nitrogen and oxygen atoms in total. The number of nitrogens with one attached hydrogen (secondary N) is 1. The van der Waals surface area contributed by atoms with E-state index in [1.807, 2.05) is 26.0 Å². The quantitative estimate of drug-likeness (QED) is 0.767. The van der Waals surface area contributed by atoms with Crippen LogP contribution in [0, 0.1) is 5.82 Å². The molecule has 8 heteroatoms. The molecule has 0 bridgehead atoms. The number of carbonyl (C=O) groups excluding carboxylic acids is 2. The van der Waals surface area contributed by atoms with Gasteiger partial charge in [0, 0.05) is 18.7 Å². The van der Waals surface area contributed by atoms with Crippen LogP contribution in [-0.4, -0.2) is 40.3 Å². The van der Waals surface area contributed by atoms with E-state index >= 15 is 0 Å². The molecule has 0 aromatic heterocycles. The SMILES string of the molecule is CCOc1ccc(N=C2SC(C(=O)Nc3ccc(F)cc3)CC(=O)N2CC)cc1. The molecule has 1 saturated heterocycles. The fourth-order valence-electron chi connectivity index (χ4n) is 2.80. The molecule has 1 fully saturated rings. The van der Waals surface area contributed by atoms with E-state index < -0.39 is 5.25 Å². The average molecular weight is 415 g/mol. The van der Waals surface area contributed by atoms with E-state index in [4.69, 9.17) is 4.74 Å². The maximum Gasteiger partial charge on any atom is 0.238 e. The van der Waals surface area contributed by atoms with Gasteiger partial charge in [0.25, 0.3) is 0 Å². The lowest BCUT2D eigenvalue weighted by Crippen LogP contribution is -2.45. The predicted octanol–water partition coefficient (Wildman–Crippen LogP) is 4.20. The van der Waals surface area contributed by atoms with E-state index in [2.05, 4.69) is 10.3 Å². The second-order valence-electron chi connectivity index (χ2n) is 6.27. The van der Waals surface area contributed by atoms with Gasteiger partial charge in [0.15, 0.2) is 5.17 Å². The summed E-state index contributed by atoms with van der Waals surface area (Å²) in [6.45, 7) is 4.82. The van der Waals surface area contributed by atoms with Gasteiger partial charge < -0.3 is 10.1 Å². The van der Waals surface area contributed by atoms with Gasteiger partial charge in [-0.2, -0.15) is 0 Å². The molecule has 2 amide bonds. The van der Waals surface area contributed by atoms with Gasteiger partial charge in [-0.15, -0.1) is 0 Å². The molecule has 1 unspecified atom stereocenters. The van der Waals surface area contributed by atoms with Crippen molar-refractivity contribution in [2.75, 3.05) is 18.5 Å². The summed E-state index contributed by atoms with van der Waals surface area (Å²) in [6.07, 6.45) is 0.0772. The molecule has 1 aliphatic rings. The van der Waals surface area contributed by atoms with Gasteiger partial charge in [0.2, 0.25) is 11.8 Å². The van der Waals surface area contributed by atoms with Crippen molar-refractivity contribution < 1.29 is 18.7 Å². The van der Waals surface area contributed by atoms with Gasteiger partial charge in [0.05, 0.1) is 12.3 Å². The summed E-state index contributed by atoms with van der Waals surface area (Å²) in [7, 11) is 0. The Bertz CT molecular complexity index is 900. The number of aliphatic imine (C=N–C) groups is 1. The minimum Gasteiger partial charge on any atom is -0.494 e. The Morgan fingerprint density at radius 2 is 1.90 bits per heavy atom. The Labute approximate surface area is 173 Å². The van der Waals surface area contributed by atoms with Crippen molar-refractivity contribution in [3.8, 4) is 5.75 Å². The maximum absolute atomic E-state index is 13.0. The number of benzene rings is 2. The lowest BCUT2D eigenvalue weighted by molar-refractivity contribution is -0.129. The highest BCUT2D eigenvalue weighted by atomic mass is 32.2. The number of hydrogen-bond donors (Lipinski definition) is 1. The summed E-state index contributed by atoms with van der Waals surface area (Å²) in [5, 5.41) is 2.59. The number of halogens is 1. The minimum atomic E-state index is -0.614. The van der Waals surface area contributed by atoms with Crippen LogP contribution in [0.4, 0.5) is 15.8 Å². The molecule has 2 aromatic rings. The summed E-state index contributed by atoms with van der Waals surface area (Å²) in [6, 6.07) is 12.7. The van der Waals surface area contributed by atoms with Gasteiger partial charge in [-0.3, -0.25) is 14.5 Å². The zero-order valence-corrected chi connectivity index (χ0v) is 17.0. The van der Waals surface area contributed by atoms with Gasteiger partial charge in [-0.05, 0) is 62.4 Å². The van der Waals surface area contributed by atoms with Crippen molar-refractivity contribution in [3.05, 3.63) is 54.3 Å². The highest BCUT2D eigenvalue weighted by Gasteiger charge is 2.35. The highest BCUT2D eigenvalue weighted by molar-refractivity contribution is 8.15. The molecule has 1 atom stereocenters. The Hall–Kier alpha value is -2.87. The number of nitrogens with zero attached hydrogens (tertiary/aromatic N) is 2. The second kappa shape index (κ2) is 9.56. The van der Waals surface area contributed by atoms with Crippen LogP contribution in [-0.2, 0) is 9.59 Å². The number of ether oxygens (including phenoxy) is 1. The zero-order valence-electron chi connectivity index (χ0n) is 16.2. The summed E-state index contributed by atoms with van der Waals surface area (Å²) >= 11 is 1.25. The molecule has 29 heavy (non-hydrogen) atoms. The largest absolute Gasteiger partial charge is 0.494 e. The van der Waals surface area contributed by atoms with Crippen LogP contribution in [0.5, 0.6) is 5.75 Å². The summed E-state index contributed by atoms with van der Waals surface area (Å²) < 4.78 is 18.5. The van der Waals surface area contributed by atoms with Crippen LogP contribution in [0.3, 0.4) is 0 Å². The summed E-state index contributed by atoms with van der Waals surface area (Å²) in [4.78, 5) is 31.3. The zero-order chi connectivity index (χ0) is 20.8. The molecule has 2 aromatic carbocycles. The molecular formula is C21H22FN3O3S. The number of amidine groups is 1. The third kappa shape index (κ3) is 5.35. The average Bonchev–Trinajstić information content (AvgIpc) is 2.71. The smallest absolute Gasteiger partial charge is 0.238 e. The van der Waals surface area contributed by atoms with Crippen molar-refractivity contribution in [3.63, 3.8) is 0 Å². The van der Waals surface area contributed by atoms with E-state index in [9.17, 15) is 14.0 Å². The Morgan fingerprint density at radius 3 is 2.52 bits per heavy atom. The standard InChI is InChI=1S/C21H22FN3O3S/c1-3-25-19(26)13-18(20(27)23-15-7-5-14(22)6-8-15)29-21(25)24-16-9-11-17(12-10-16)28-4-2/h5-12,18H,3-4,13H2,1-2H3,(H,23,27). The van der Waals surface area contributed by atoms with E-state index in [0.29, 0.717) is 29.7 Å². The third-order valence-corrected chi connectivity index (χ3v) is 5.42. The van der Waals surface area contributed by atoms with Crippen molar-refractivity contribution in [2.24, 2.45) is 4.99 Å². The van der Waals surface area contributed by atoms with Gasteiger partial charge in [-0.25, -0.2) is 9.38 Å².